The van der Waals surface area contributed by atoms with Gasteiger partial charge in [-0.2, -0.15) is 0 Å². The summed E-state index contributed by atoms with van der Waals surface area (Å²) in [5, 5.41) is 2.94. The lowest BCUT2D eigenvalue weighted by Crippen LogP contribution is -2.32. The number of nitrogens with zero attached hydrogens (tertiary/aromatic N) is 1. The second-order valence-corrected chi connectivity index (χ2v) is 8.08. The second kappa shape index (κ2) is 8.38. The summed E-state index contributed by atoms with van der Waals surface area (Å²) >= 11 is 0. The van der Waals surface area contributed by atoms with E-state index in [0.717, 1.165) is 22.5 Å². The first-order valence-electron chi connectivity index (χ1n) is 9.33. The highest BCUT2D eigenvalue weighted by Gasteiger charge is 2.17. The molecule has 4 nitrogen and oxygen atoms in total. The number of hydrogen-bond acceptors (Lipinski definition) is 2. The van der Waals surface area contributed by atoms with E-state index in [1.54, 1.807) is 4.90 Å². The molecule has 0 aromatic heterocycles. The minimum atomic E-state index is -0.0977. The quantitative estimate of drug-likeness (QED) is 0.811. The van der Waals surface area contributed by atoms with Crippen LogP contribution in [0.15, 0.2) is 42.5 Å². The number of hydrogen-bond donors (Lipinski definition) is 1. The molecule has 27 heavy (non-hydrogen) atoms. The molecule has 4 heteroatoms. The van der Waals surface area contributed by atoms with Crippen molar-refractivity contribution in [3.8, 4) is 0 Å². The molecular weight excluding hydrogens is 336 g/mol. The van der Waals surface area contributed by atoms with Gasteiger partial charge >= 0.3 is 0 Å². The van der Waals surface area contributed by atoms with Crippen molar-refractivity contribution in [1.29, 1.82) is 0 Å². The molecule has 2 aromatic rings. The predicted molar refractivity (Wildman–Crippen MR) is 112 cm³/mol. The number of carbonyl (C=O) groups excluding carboxylic acids is 2. The summed E-state index contributed by atoms with van der Waals surface area (Å²) in [6, 6.07) is 13.9. The van der Waals surface area contributed by atoms with Crippen LogP contribution in [0.5, 0.6) is 0 Å². The van der Waals surface area contributed by atoms with E-state index in [2.05, 4.69) is 26.1 Å². The zero-order valence-corrected chi connectivity index (χ0v) is 17.2. The van der Waals surface area contributed by atoms with Crippen molar-refractivity contribution in [3.05, 3.63) is 59.2 Å². The van der Waals surface area contributed by atoms with Crippen LogP contribution in [0, 0.1) is 13.8 Å². The normalized spacial score (nSPS) is 11.2. The number of aryl methyl sites for hydroxylation is 2. The van der Waals surface area contributed by atoms with Gasteiger partial charge < -0.3 is 10.2 Å². The molecule has 0 aliphatic heterocycles. The third-order valence-corrected chi connectivity index (χ3v) is 4.64. The molecule has 0 unspecified atom stereocenters. The minimum Gasteiger partial charge on any atom is -0.326 e. The second-order valence-electron chi connectivity index (χ2n) is 8.08. The summed E-state index contributed by atoms with van der Waals surface area (Å²) in [6.45, 7) is 12.3. The largest absolute Gasteiger partial charge is 0.326 e. The SMILES string of the molecule is CC(=O)N(CCC(=O)Nc1ccc(C)cc1C)c1ccc(C(C)(C)C)cc1. The molecule has 0 radical (unpaired) electrons. The summed E-state index contributed by atoms with van der Waals surface area (Å²) in [6.07, 6.45) is 0.244. The van der Waals surface area contributed by atoms with Crippen LogP contribution in [0.25, 0.3) is 0 Å². The third kappa shape index (κ3) is 5.68. The average Bonchev–Trinajstić information content (AvgIpc) is 2.57. The topological polar surface area (TPSA) is 49.4 Å². The Balaban J connectivity index is 2.04. The molecule has 0 heterocycles. The summed E-state index contributed by atoms with van der Waals surface area (Å²) < 4.78 is 0. The molecule has 1 N–H and O–H groups in total. The number of carbonyl (C=O) groups is 2. The van der Waals surface area contributed by atoms with Crippen molar-refractivity contribution < 1.29 is 9.59 Å². The lowest BCUT2D eigenvalue weighted by atomic mass is 9.87. The highest BCUT2D eigenvalue weighted by Crippen LogP contribution is 2.25. The first-order chi connectivity index (χ1) is 12.6. The van der Waals surface area contributed by atoms with Gasteiger partial charge in [0.15, 0.2) is 0 Å². The molecule has 0 atom stereocenters. The summed E-state index contributed by atoms with van der Waals surface area (Å²) in [4.78, 5) is 26.1. The molecule has 0 saturated heterocycles. The van der Waals surface area contributed by atoms with Crippen molar-refractivity contribution in [2.45, 2.75) is 53.4 Å². The fourth-order valence-electron chi connectivity index (χ4n) is 2.99. The van der Waals surface area contributed by atoms with Crippen molar-refractivity contribution in [3.63, 3.8) is 0 Å². The van der Waals surface area contributed by atoms with Crippen molar-refractivity contribution in [2.24, 2.45) is 0 Å². The van der Waals surface area contributed by atoms with Crippen LogP contribution in [0.4, 0.5) is 11.4 Å². The molecular formula is C23H30N2O2. The number of nitrogens with one attached hydrogen (secondary N) is 1. The lowest BCUT2D eigenvalue weighted by molar-refractivity contribution is -0.117. The molecule has 0 spiro atoms. The summed E-state index contributed by atoms with van der Waals surface area (Å²) in [5.74, 6) is -0.169. The van der Waals surface area contributed by atoms with Crippen LogP contribution in [0.2, 0.25) is 0 Å². The van der Waals surface area contributed by atoms with E-state index in [1.165, 1.54) is 12.5 Å². The lowest BCUT2D eigenvalue weighted by Gasteiger charge is -2.24. The average molecular weight is 367 g/mol. The summed E-state index contributed by atoms with van der Waals surface area (Å²) in [5.41, 5.74) is 5.09. The molecule has 0 fully saturated rings. The van der Waals surface area contributed by atoms with Gasteiger partial charge in [-0.3, -0.25) is 9.59 Å². The zero-order chi connectivity index (χ0) is 20.2. The summed E-state index contributed by atoms with van der Waals surface area (Å²) in [7, 11) is 0. The molecule has 2 aromatic carbocycles. The maximum atomic E-state index is 12.3. The Hall–Kier alpha value is -2.62. The van der Waals surface area contributed by atoms with Gasteiger partial charge in [-0.25, -0.2) is 0 Å². The van der Waals surface area contributed by atoms with Crippen molar-refractivity contribution >= 4 is 23.2 Å². The van der Waals surface area contributed by atoms with Crippen LogP contribution < -0.4 is 10.2 Å². The van der Waals surface area contributed by atoms with Crippen LogP contribution in [-0.4, -0.2) is 18.4 Å². The van der Waals surface area contributed by atoms with Gasteiger partial charge in [0, 0.05) is 31.3 Å². The van der Waals surface area contributed by atoms with E-state index in [4.69, 9.17) is 0 Å². The molecule has 0 aliphatic rings. The van der Waals surface area contributed by atoms with Gasteiger partial charge in [0.2, 0.25) is 11.8 Å². The Labute approximate surface area is 162 Å². The monoisotopic (exact) mass is 366 g/mol. The van der Waals surface area contributed by atoms with Crippen molar-refractivity contribution in [1.82, 2.24) is 0 Å². The van der Waals surface area contributed by atoms with Crippen LogP contribution in [0.3, 0.4) is 0 Å². The number of anilines is 2. The first-order valence-corrected chi connectivity index (χ1v) is 9.33. The molecule has 2 rings (SSSR count). The number of rotatable bonds is 5. The molecule has 2 amide bonds. The maximum absolute atomic E-state index is 12.3. The Morgan fingerprint density at radius 2 is 1.63 bits per heavy atom. The Morgan fingerprint density at radius 1 is 1.00 bits per heavy atom. The molecule has 0 bridgehead atoms. The van der Waals surface area contributed by atoms with Gasteiger partial charge in [0.1, 0.15) is 0 Å². The third-order valence-electron chi connectivity index (χ3n) is 4.64. The maximum Gasteiger partial charge on any atom is 0.226 e. The number of benzene rings is 2. The highest BCUT2D eigenvalue weighted by molar-refractivity contribution is 5.95. The minimum absolute atomic E-state index is 0.0609. The van der Waals surface area contributed by atoms with Crippen LogP contribution in [-0.2, 0) is 15.0 Å². The highest BCUT2D eigenvalue weighted by atomic mass is 16.2. The van der Waals surface area contributed by atoms with E-state index in [-0.39, 0.29) is 23.7 Å². The van der Waals surface area contributed by atoms with Crippen LogP contribution in [0.1, 0.15) is 50.8 Å². The first kappa shape index (κ1) is 20.7. The van der Waals surface area contributed by atoms with Gasteiger partial charge in [-0.15, -0.1) is 0 Å². The number of amides is 2. The van der Waals surface area contributed by atoms with Gasteiger partial charge in [0.05, 0.1) is 0 Å². The van der Waals surface area contributed by atoms with E-state index in [1.807, 2.05) is 56.3 Å². The van der Waals surface area contributed by atoms with Crippen LogP contribution >= 0.6 is 0 Å². The van der Waals surface area contributed by atoms with E-state index >= 15 is 0 Å². The Bertz CT molecular complexity index is 817. The Kier molecular flexibility index (Phi) is 6.42. The van der Waals surface area contributed by atoms with E-state index in [9.17, 15) is 9.59 Å². The molecule has 0 saturated carbocycles. The van der Waals surface area contributed by atoms with Gasteiger partial charge in [0.25, 0.3) is 0 Å². The molecule has 144 valence electrons. The zero-order valence-electron chi connectivity index (χ0n) is 17.2. The van der Waals surface area contributed by atoms with Crippen molar-refractivity contribution in [2.75, 3.05) is 16.8 Å². The van der Waals surface area contributed by atoms with Gasteiger partial charge in [-0.1, -0.05) is 50.6 Å². The standard InChI is InChI=1S/C23H30N2O2/c1-16-7-12-21(17(2)15-16)24-22(27)13-14-25(18(3)26)20-10-8-19(9-11-20)23(4,5)6/h7-12,15H,13-14H2,1-6H3,(H,24,27). The van der Waals surface area contributed by atoms with Gasteiger partial charge in [-0.05, 0) is 48.6 Å². The predicted octanol–water partition coefficient (Wildman–Crippen LogP) is 4.98. The Morgan fingerprint density at radius 3 is 2.15 bits per heavy atom. The fraction of sp³-hybridized carbons (Fsp3) is 0.391. The smallest absolute Gasteiger partial charge is 0.226 e. The van der Waals surface area contributed by atoms with E-state index in [0.29, 0.717) is 6.54 Å². The fourth-order valence-corrected chi connectivity index (χ4v) is 2.99. The van der Waals surface area contributed by atoms with E-state index < -0.39 is 0 Å². The molecule has 0 aliphatic carbocycles.